The van der Waals surface area contributed by atoms with Crippen molar-refractivity contribution in [2.24, 2.45) is 0 Å². The minimum atomic E-state index is -0.401. The molecule has 1 saturated heterocycles. The van der Waals surface area contributed by atoms with Crippen LogP contribution >= 0.6 is 11.6 Å². The van der Waals surface area contributed by atoms with Gasteiger partial charge in [0.2, 0.25) is 5.91 Å². The maximum absolute atomic E-state index is 12.9. The zero-order chi connectivity index (χ0) is 16.9. The average Bonchev–Trinajstić information content (AvgIpc) is 2.57. The van der Waals surface area contributed by atoms with Crippen molar-refractivity contribution in [2.75, 3.05) is 18.0 Å². The van der Waals surface area contributed by atoms with Gasteiger partial charge in [-0.3, -0.25) is 9.78 Å². The van der Waals surface area contributed by atoms with E-state index in [1.807, 2.05) is 24.3 Å². The smallest absolute Gasteiger partial charge is 0.226 e. The van der Waals surface area contributed by atoms with Crippen LogP contribution in [0.3, 0.4) is 0 Å². The lowest BCUT2D eigenvalue weighted by molar-refractivity contribution is -0.121. The van der Waals surface area contributed by atoms with Gasteiger partial charge in [-0.15, -0.1) is 0 Å². The molecule has 2 heterocycles. The summed E-state index contributed by atoms with van der Waals surface area (Å²) in [5, 5.41) is 3.77. The molecule has 3 rings (SSSR count). The van der Waals surface area contributed by atoms with E-state index in [-0.39, 0.29) is 18.4 Å². The number of hydrogen-bond acceptors (Lipinski definition) is 3. The zero-order valence-corrected chi connectivity index (χ0v) is 14.0. The van der Waals surface area contributed by atoms with Crippen LogP contribution in [-0.4, -0.2) is 30.0 Å². The van der Waals surface area contributed by atoms with Gasteiger partial charge in [0.25, 0.3) is 0 Å². The fourth-order valence-electron chi connectivity index (χ4n) is 2.98. The predicted molar refractivity (Wildman–Crippen MR) is 92.7 cm³/mol. The Morgan fingerprint density at radius 1 is 1.33 bits per heavy atom. The van der Waals surface area contributed by atoms with Crippen molar-refractivity contribution >= 4 is 23.2 Å². The highest BCUT2D eigenvalue weighted by Gasteiger charge is 2.22. The molecule has 1 N–H and O–H groups in total. The average molecular weight is 348 g/mol. The topological polar surface area (TPSA) is 45.2 Å². The number of carbonyl (C=O) groups is 1. The molecule has 0 spiro atoms. The minimum absolute atomic E-state index is 0.0722. The maximum atomic E-state index is 12.9. The van der Waals surface area contributed by atoms with Crippen LogP contribution in [0.15, 0.2) is 42.6 Å². The molecule has 24 heavy (non-hydrogen) atoms. The Bertz CT molecular complexity index is 708. The van der Waals surface area contributed by atoms with Crippen LogP contribution in [0, 0.1) is 5.82 Å². The number of hydrogen-bond donors (Lipinski definition) is 1. The van der Waals surface area contributed by atoms with Gasteiger partial charge in [-0.1, -0.05) is 23.7 Å². The van der Waals surface area contributed by atoms with Crippen LogP contribution in [0.5, 0.6) is 0 Å². The molecule has 1 aromatic carbocycles. The summed E-state index contributed by atoms with van der Waals surface area (Å²) in [6, 6.07) is 10.7. The molecule has 4 nitrogen and oxygen atoms in total. The van der Waals surface area contributed by atoms with Crippen molar-refractivity contribution in [1.29, 1.82) is 0 Å². The van der Waals surface area contributed by atoms with E-state index in [0.29, 0.717) is 5.69 Å². The van der Waals surface area contributed by atoms with E-state index in [4.69, 9.17) is 11.6 Å². The summed E-state index contributed by atoms with van der Waals surface area (Å²) in [6.45, 7) is 1.65. The second-order valence-electron chi connectivity index (χ2n) is 5.95. The number of amides is 1. The molecular formula is C18H19ClFN3O. The predicted octanol–water partition coefficient (Wildman–Crippen LogP) is 3.20. The van der Waals surface area contributed by atoms with Crippen molar-refractivity contribution < 1.29 is 9.18 Å². The molecule has 126 valence electrons. The molecule has 1 aliphatic heterocycles. The molecule has 0 saturated carbocycles. The Hall–Kier alpha value is -2.14. The van der Waals surface area contributed by atoms with Crippen LogP contribution in [-0.2, 0) is 11.2 Å². The van der Waals surface area contributed by atoms with Crippen LogP contribution in [0.4, 0.5) is 10.1 Å². The van der Waals surface area contributed by atoms with Crippen molar-refractivity contribution in [3.05, 3.63) is 59.1 Å². The highest BCUT2D eigenvalue weighted by Crippen LogP contribution is 2.27. The van der Waals surface area contributed by atoms with Crippen LogP contribution in [0.2, 0.25) is 5.02 Å². The zero-order valence-electron chi connectivity index (χ0n) is 13.2. The number of nitrogens with zero attached hydrogens (tertiary/aromatic N) is 2. The quantitative estimate of drug-likeness (QED) is 0.923. The Morgan fingerprint density at radius 3 is 2.92 bits per heavy atom. The molecule has 1 aromatic heterocycles. The maximum Gasteiger partial charge on any atom is 0.226 e. The van der Waals surface area contributed by atoms with Gasteiger partial charge >= 0.3 is 0 Å². The summed E-state index contributed by atoms with van der Waals surface area (Å²) in [5.74, 6) is -0.498. The van der Waals surface area contributed by atoms with Gasteiger partial charge in [-0.2, -0.15) is 0 Å². The number of benzene rings is 1. The van der Waals surface area contributed by atoms with Gasteiger partial charge < -0.3 is 10.2 Å². The molecule has 0 aliphatic carbocycles. The van der Waals surface area contributed by atoms with E-state index in [0.717, 1.165) is 42.8 Å². The van der Waals surface area contributed by atoms with Gasteiger partial charge in [0, 0.05) is 24.8 Å². The van der Waals surface area contributed by atoms with Gasteiger partial charge in [-0.25, -0.2) is 4.39 Å². The molecule has 0 bridgehead atoms. The van der Waals surface area contributed by atoms with E-state index in [9.17, 15) is 9.18 Å². The van der Waals surface area contributed by atoms with E-state index in [1.54, 1.807) is 0 Å². The van der Waals surface area contributed by atoms with Crippen molar-refractivity contribution in [1.82, 2.24) is 10.3 Å². The highest BCUT2D eigenvalue weighted by molar-refractivity contribution is 6.33. The Labute approximate surface area is 145 Å². The van der Waals surface area contributed by atoms with E-state index < -0.39 is 5.82 Å². The number of halogens is 2. The first-order valence-corrected chi connectivity index (χ1v) is 8.39. The lowest BCUT2D eigenvalue weighted by Crippen LogP contribution is -2.48. The molecular weight excluding hydrogens is 329 g/mol. The van der Waals surface area contributed by atoms with Gasteiger partial charge in [0.15, 0.2) is 0 Å². The number of carbonyl (C=O) groups excluding carboxylic acids is 1. The Kier molecular flexibility index (Phi) is 5.30. The number of nitrogens with one attached hydrogen (secondary N) is 1. The monoisotopic (exact) mass is 347 g/mol. The van der Waals surface area contributed by atoms with Crippen LogP contribution in [0.25, 0.3) is 0 Å². The van der Waals surface area contributed by atoms with E-state index >= 15 is 0 Å². The largest absolute Gasteiger partial charge is 0.368 e. The molecule has 1 aliphatic rings. The second kappa shape index (κ2) is 7.62. The van der Waals surface area contributed by atoms with Gasteiger partial charge in [0.1, 0.15) is 5.82 Å². The molecule has 1 fully saturated rings. The van der Waals surface area contributed by atoms with Gasteiger partial charge in [0.05, 0.1) is 23.3 Å². The van der Waals surface area contributed by atoms with E-state index in [1.165, 1.54) is 12.1 Å². The lowest BCUT2D eigenvalue weighted by Gasteiger charge is -2.35. The summed E-state index contributed by atoms with van der Waals surface area (Å²) in [4.78, 5) is 18.3. The first-order valence-electron chi connectivity index (χ1n) is 8.01. The number of pyridine rings is 1. The number of aromatic nitrogens is 1. The standard InChI is InChI=1S/C18H19ClFN3O/c19-16-5-1-2-6-17(16)23-9-3-4-15(12-23)22-18(24)10-14-8-7-13(20)11-21-14/h1-2,5-8,11,15H,3-4,9-10,12H2,(H,22,24)/t15-/m0/s1. The van der Waals surface area contributed by atoms with Crippen molar-refractivity contribution in [2.45, 2.75) is 25.3 Å². The first kappa shape index (κ1) is 16.7. The number of anilines is 1. The number of rotatable bonds is 4. The molecule has 0 unspecified atom stereocenters. The van der Waals surface area contributed by atoms with Crippen molar-refractivity contribution in [3.63, 3.8) is 0 Å². The number of para-hydroxylation sites is 1. The van der Waals surface area contributed by atoms with Crippen LogP contribution < -0.4 is 10.2 Å². The Balaban J connectivity index is 1.58. The van der Waals surface area contributed by atoms with Gasteiger partial charge in [-0.05, 0) is 37.1 Å². The fraction of sp³-hybridized carbons (Fsp3) is 0.333. The summed E-state index contributed by atoms with van der Waals surface area (Å²) < 4.78 is 12.9. The minimum Gasteiger partial charge on any atom is -0.368 e. The van der Waals surface area contributed by atoms with E-state index in [2.05, 4.69) is 15.2 Å². The summed E-state index contributed by atoms with van der Waals surface area (Å²) in [6.07, 6.45) is 3.21. The first-order chi connectivity index (χ1) is 11.6. The Morgan fingerprint density at radius 2 is 2.17 bits per heavy atom. The van der Waals surface area contributed by atoms with Crippen molar-refractivity contribution in [3.8, 4) is 0 Å². The summed E-state index contributed by atoms with van der Waals surface area (Å²) in [7, 11) is 0. The third-order valence-corrected chi connectivity index (χ3v) is 4.43. The molecule has 2 aromatic rings. The summed E-state index contributed by atoms with van der Waals surface area (Å²) >= 11 is 6.26. The lowest BCUT2D eigenvalue weighted by atomic mass is 10.0. The molecule has 1 atom stereocenters. The van der Waals surface area contributed by atoms with Crippen LogP contribution in [0.1, 0.15) is 18.5 Å². The third-order valence-electron chi connectivity index (χ3n) is 4.11. The molecule has 6 heteroatoms. The second-order valence-corrected chi connectivity index (χ2v) is 6.36. The summed E-state index contributed by atoms with van der Waals surface area (Å²) in [5.41, 5.74) is 1.56. The normalized spacial score (nSPS) is 17.6. The third kappa shape index (κ3) is 4.23. The molecule has 1 amide bonds. The fourth-order valence-corrected chi connectivity index (χ4v) is 3.23. The molecule has 0 radical (unpaired) electrons. The number of piperidine rings is 1. The highest BCUT2D eigenvalue weighted by atomic mass is 35.5. The SMILES string of the molecule is O=C(Cc1ccc(F)cn1)N[C@H]1CCCN(c2ccccc2Cl)C1.